The molecule has 1 atom stereocenters. The van der Waals surface area contributed by atoms with Crippen molar-refractivity contribution in [1.82, 2.24) is 15.1 Å². The summed E-state index contributed by atoms with van der Waals surface area (Å²) in [6, 6.07) is 0. The molecule has 1 N–H and O–H groups in total. The zero-order chi connectivity index (χ0) is 14.6. The number of nitrogens with one attached hydrogen (secondary N) is 1. The third-order valence-electron chi connectivity index (χ3n) is 4.57. The van der Waals surface area contributed by atoms with E-state index in [1.807, 2.05) is 7.05 Å². The minimum atomic E-state index is 0.429. The highest BCUT2D eigenvalue weighted by Crippen LogP contribution is 2.28. The van der Waals surface area contributed by atoms with E-state index in [-0.39, 0.29) is 0 Å². The second-order valence-electron chi connectivity index (χ2n) is 7.38. The Morgan fingerprint density at radius 2 is 1.95 bits per heavy atom. The van der Waals surface area contributed by atoms with Crippen molar-refractivity contribution in [3.63, 3.8) is 0 Å². The van der Waals surface area contributed by atoms with E-state index in [1.54, 1.807) is 0 Å². The van der Waals surface area contributed by atoms with Crippen LogP contribution in [-0.2, 0) is 0 Å². The Morgan fingerprint density at radius 3 is 2.50 bits per heavy atom. The van der Waals surface area contributed by atoms with Crippen molar-refractivity contribution in [2.45, 2.75) is 40.0 Å². The van der Waals surface area contributed by atoms with Gasteiger partial charge >= 0.3 is 0 Å². The van der Waals surface area contributed by atoms with Gasteiger partial charge in [0, 0.05) is 33.2 Å². The van der Waals surface area contributed by atoms with Crippen molar-refractivity contribution in [3.05, 3.63) is 0 Å². The molecule has 0 amide bonds. The summed E-state index contributed by atoms with van der Waals surface area (Å²) in [6.45, 7) is 14.1. The smallest absolute Gasteiger partial charge is 0.193 e. The van der Waals surface area contributed by atoms with Crippen molar-refractivity contribution in [1.29, 1.82) is 0 Å². The Labute approximate surface area is 124 Å². The molecule has 20 heavy (non-hydrogen) atoms. The molecule has 0 aliphatic carbocycles. The summed E-state index contributed by atoms with van der Waals surface area (Å²) in [4.78, 5) is 9.45. The molecule has 2 aliphatic heterocycles. The van der Waals surface area contributed by atoms with Gasteiger partial charge in [-0.15, -0.1) is 0 Å². The van der Waals surface area contributed by atoms with Crippen molar-refractivity contribution in [3.8, 4) is 0 Å². The molecule has 0 aromatic carbocycles. The maximum Gasteiger partial charge on any atom is 0.193 e. The molecule has 0 aromatic heterocycles. The van der Waals surface area contributed by atoms with E-state index in [1.165, 1.54) is 38.9 Å². The van der Waals surface area contributed by atoms with Crippen molar-refractivity contribution < 1.29 is 0 Å². The van der Waals surface area contributed by atoms with E-state index >= 15 is 0 Å². The number of hydrogen-bond donors (Lipinski definition) is 1. The molecule has 2 rings (SSSR count). The van der Waals surface area contributed by atoms with Crippen LogP contribution in [-0.4, -0.2) is 62.1 Å². The number of nitrogens with zero attached hydrogens (tertiary/aromatic N) is 3. The molecule has 116 valence electrons. The van der Waals surface area contributed by atoms with E-state index < -0.39 is 0 Å². The van der Waals surface area contributed by atoms with Gasteiger partial charge in [0.1, 0.15) is 0 Å². The van der Waals surface area contributed by atoms with Crippen LogP contribution in [0.3, 0.4) is 0 Å². The third kappa shape index (κ3) is 4.37. The summed E-state index contributed by atoms with van der Waals surface area (Å²) in [5.41, 5.74) is 0.429. The molecule has 0 spiro atoms. The molecule has 4 nitrogen and oxygen atoms in total. The molecule has 2 aliphatic rings. The molecule has 2 fully saturated rings. The molecular formula is C16H32N4. The Balaban J connectivity index is 1.73. The first kappa shape index (κ1) is 15.6. The summed E-state index contributed by atoms with van der Waals surface area (Å²) in [5, 5.41) is 3.57. The lowest BCUT2D eigenvalue weighted by Gasteiger charge is -2.26. The summed E-state index contributed by atoms with van der Waals surface area (Å²) in [6.07, 6.45) is 4.02. The van der Waals surface area contributed by atoms with Gasteiger partial charge in [-0.05, 0) is 43.7 Å². The van der Waals surface area contributed by atoms with E-state index in [9.17, 15) is 0 Å². The Bertz CT molecular complexity index is 331. The van der Waals surface area contributed by atoms with Crippen molar-refractivity contribution in [2.24, 2.45) is 16.3 Å². The SMILES string of the molecule is CN=C(NCC(C)CN1CCCC1)N1CCC(C)(C)C1. The topological polar surface area (TPSA) is 30.9 Å². The highest BCUT2D eigenvalue weighted by molar-refractivity contribution is 5.80. The molecule has 2 saturated heterocycles. The van der Waals surface area contributed by atoms with Crippen LogP contribution in [0.15, 0.2) is 4.99 Å². The Kier molecular flexibility index (Phi) is 5.30. The zero-order valence-electron chi connectivity index (χ0n) is 13.8. The molecule has 4 heteroatoms. The predicted octanol–water partition coefficient (Wildman–Crippen LogP) is 2.03. The maximum atomic E-state index is 4.46. The molecule has 0 bridgehead atoms. The predicted molar refractivity (Wildman–Crippen MR) is 86.2 cm³/mol. The highest BCUT2D eigenvalue weighted by atomic mass is 15.3. The van der Waals surface area contributed by atoms with Gasteiger partial charge in [-0.2, -0.15) is 0 Å². The van der Waals surface area contributed by atoms with Gasteiger partial charge in [-0.1, -0.05) is 20.8 Å². The third-order valence-corrected chi connectivity index (χ3v) is 4.57. The summed E-state index contributed by atoms with van der Waals surface area (Å²) in [5.74, 6) is 1.77. The molecule has 0 radical (unpaired) electrons. The molecule has 0 aromatic rings. The first-order valence-electron chi connectivity index (χ1n) is 8.18. The van der Waals surface area contributed by atoms with Crippen molar-refractivity contribution in [2.75, 3.05) is 46.3 Å². The van der Waals surface area contributed by atoms with E-state index in [2.05, 4.69) is 40.9 Å². The van der Waals surface area contributed by atoms with E-state index in [0.717, 1.165) is 25.6 Å². The fourth-order valence-electron chi connectivity index (χ4n) is 3.36. The average Bonchev–Trinajstić information content (AvgIpc) is 3.00. The summed E-state index contributed by atoms with van der Waals surface area (Å²) in [7, 11) is 1.90. The minimum absolute atomic E-state index is 0.429. The lowest BCUT2D eigenvalue weighted by atomic mass is 9.93. The zero-order valence-corrected chi connectivity index (χ0v) is 13.8. The number of aliphatic imine (C=N–C) groups is 1. The Morgan fingerprint density at radius 1 is 1.25 bits per heavy atom. The maximum absolute atomic E-state index is 4.46. The van der Waals surface area contributed by atoms with Crippen LogP contribution >= 0.6 is 0 Å². The van der Waals surface area contributed by atoms with E-state index in [4.69, 9.17) is 0 Å². The van der Waals surface area contributed by atoms with Gasteiger partial charge in [-0.3, -0.25) is 4.99 Å². The van der Waals surface area contributed by atoms with Gasteiger partial charge in [0.15, 0.2) is 5.96 Å². The van der Waals surface area contributed by atoms with Crippen LogP contribution in [0.2, 0.25) is 0 Å². The first-order valence-corrected chi connectivity index (χ1v) is 8.18. The number of hydrogen-bond acceptors (Lipinski definition) is 2. The first-order chi connectivity index (χ1) is 9.50. The van der Waals surface area contributed by atoms with Gasteiger partial charge in [0.25, 0.3) is 0 Å². The number of rotatable bonds is 4. The van der Waals surface area contributed by atoms with E-state index in [0.29, 0.717) is 11.3 Å². The number of guanidine groups is 1. The van der Waals surface area contributed by atoms with Gasteiger partial charge in [0.2, 0.25) is 0 Å². The lowest BCUT2D eigenvalue weighted by Crippen LogP contribution is -2.43. The second kappa shape index (κ2) is 6.79. The number of likely N-dealkylation sites (tertiary alicyclic amines) is 2. The van der Waals surface area contributed by atoms with Crippen LogP contribution in [0.5, 0.6) is 0 Å². The van der Waals surface area contributed by atoms with Crippen molar-refractivity contribution >= 4 is 5.96 Å². The monoisotopic (exact) mass is 280 g/mol. The normalized spacial score (nSPS) is 25.2. The van der Waals surface area contributed by atoms with Crippen LogP contribution in [0, 0.1) is 11.3 Å². The summed E-state index contributed by atoms with van der Waals surface area (Å²) >= 11 is 0. The molecule has 2 heterocycles. The van der Waals surface area contributed by atoms with Crippen LogP contribution < -0.4 is 5.32 Å². The molecule has 0 saturated carbocycles. The summed E-state index contributed by atoms with van der Waals surface area (Å²) < 4.78 is 0. The minimum Gasteiger partial charge on any atom is -0.356 e. The van der Waals surface area contributed by atoms with Gasteiger partial charge in [-0.25, -0.2) is 0 Å². The standard InChI is InChI=1S/C16H32N4/c1-14(12-19-8-5-6-9-19)11-18-15(17-4)20-10-7-16(2,3)13-20/h14H,5-13H2,1-4H3,(H,17,18). The highest BCUT2D eigenvalue weighted by Gasteiger charge is 2.30. The van der Waals surface area contributed by atoms with Gasteiger partial charge in [0.05, 0.1) is 0 Å². The Hall–Kier alpha value is -0.770. The fraction of sp³-hybridized carbons (Fsp3) is 0.938. The second-order valence-corrected chi connectivity index (χ2v) is 7.38. The van der Waals surface area contributed by atoms with Crippen LogP contribution in [0.25, 0.3) is 0 Å². The average molecular weight is 280 g/mol. The lowest BCUT2D eigenvalue weighted by molar-refractivity contribution is 0.286. The fourth-order valence-corrected chi connectivity index (χ4v) is 3.36. The molecule has 1 unspecified atom stereocenters. The largest absolute Gasteiger partial charge is 0.356 e. The van der Waals surface area contributed by atoms with Crippen LogP contribution in [0.4, 0.5) is 0 Å². The van der Waals surface area contributed by atoms with Gasteiger partial charge < -0.3 is 15.1 Å². The molecular weight excluding hydrogens is 248 g/mol. The quantitative estimate of drug-likeness (QED) is 0.631. The van der Waals surface area contributed by atoms with Crippen LogP contribution in [0.1, 0.15) is 40.0 Å².